The van der Waals surface area contributed by atoms with Gasteiger partial charge in [-0.05, 0) is 62.4 Å². The molecule has 4 rings (SSSR count). The molecule has 6 nitrogen and oxygen atoms in total. The molecule has 4 aromatic carbocycles. The third-order valence-corrected chi connectivity index (χ3v) is 9.46. The van der Waals surface area contributed by atoms with Crippen LogP contribution in [0.1, 0.15) is 11.1 Å². The van der Waals surface area contributed by atoms with Crippen molar-refractivity contribution in [3.05, 3.63) is 116 Å². The number of nitrogens with one attached hydrogen (secondary N) is 2. The van der Waals surface area contributed by atoms with E-state index in [2.05, 4.69) is 9.44 Å². The summed E-state index contributed by atoms with van der Waals surface area (Å²) in [5.74, 6) is 0. The average Bonchev–Trinajstić information content (AvgIpc) is 2.86. The first-order valence-electron chi connectivity index (χ1n) is 10.9. The lowest BCUT2D eigenvalue weighted by atomic mass is 10.2. The molecule has 0 aliphatic carbocycles. The standard InChI is InChI=1S/2C13H11Cl2NO2S/c2*1-9-5-7-10(8-6-9)19(17,18)16-12-4-2-3-11(14)13(12)15/h2*2-8,16H,1H3. The molecule has 200 valence electrons. The molecule has 0 unspecified atom stereocenters. The van der Waals surface area contributed by atoms with Crippen molar-refractivity contribution in [2.75, 3.05) is 9.44 Å². The summed E-state index contributed by atoms with van der Waals surface area (Å²) in [5, 5.41) is 0.955. The number of aryl methyl sites for hydroxylation is 2. The van der Waals surface area contributed by atoms with Gasteiger partial charge in [-0.1, -0.05) is 93.9 Å². The molecule has 2 N–H and O–H groups in total. The van der Waals surface area contributed by atoms with Gasteiger partial charge in [0.1, 0.15) is 0 Å². The van der Waals surface area contributed by atoms with Gasteiger partial charge < -0.3 is 0 Å². The van der Waals surface area contributed by atoms with Crippen molar-refractivity contribution in [1.29, 1.82) is 0 Å². The van der Waals surface area contributed by atoms with E-state index in [-0.39, 0.29) is 31.2 Å². The molecule has 0 radical (unpaired) electrons. The molecule has 38 heavy (non-hydrogen) atoms. The van der Waals surface area contributed by atoms with Gasteiger partial charge in [-0.3, -0.25) is 9.44 Å². The van der Waals surface area contributed by atoms with Crippen LogP contribution in [0.4, 0.5) is 11.4 Å². The van der Waals surface area contributed by atoms with Crippen molar-refractivity contribution in [2.24, 2.45) is 0 Å². The van der Waals surface area contributed by atoms with E-state index < -0.39 is 20.0 Å². The lowest BCUT2D eigenvalue weighted by Crippen LogP contribution is -2.13. The Balaban J connectivity index is 0.000000211. The van der Waals surface area contributed by atoms with Gasteiger partial charge in [-0.2, -0.15) is 0 Å². The molecule has 4 aromatic rings. The van der Waals surface area contributed by atoms with E-state index in [4.69, 9.17) is 46.4 Å². The Morgan fingerprint density at radius 1 is 0.500 bits per heavy atom. The third kappa shape index (κ3) is 7.79. The molecule has 0 aliphatic rings. The van der Waals surface area contributed by atoms with Crippen LogP contribution in [-0.2, 0) is 20.0 Å². The Kier molecular flexibility index (Phi) is 9.97. The van der Waals surface area contributed by atoms with E-state index in [1.54, 1.807) is 60.7 Å². The monoisotopic (exact) mass is 630 g/mol. The molecule has 0 aromatic heterocycles. The maximum absolute atomic E-state index is 12.2. The smallest absolute Gasteiger partial charge is 0.261 e. The highest BCUT2D eigenvalue weighted by molar-refractivity contribution is 7.93. The zero-order valence-electron chi connectivity index (χ0n) is 20.0. The molecule has 0 fully saturated rings. The van der Waals surface area contributed by atoms with E-state index in [0.29, 0.717) is 10.0 Å². The molecule has 0 amide bonds. The van der Waals surface area contributed by atoms with Crippen LogP contribution >= 0.6 is 46.4 Å². The van der Waals surface area contributed by atoms with Gasteiger partial charge in [-0.25, -0.2) is 16.8 Å². The zero-order valence-corrected chi connectivity index (χ0v) is 24.7. The van der Waals surface area contributed by atoms with Crippen LogP contribution in [0.5, 0.6) is 0 Å². The fourth-order valence-corrected chi connectivity index (χ4v) is 5.96. The van der Waals surface area contributed by atoms with E-state index in [1.807, 2.05) is 13.8 Å². The van der Waals surface area contributed by atoms with Crippen molar-refractivity contribution >= 4 is 77.8 Å². The number of sulfonamides is 2. The Morgan fingerprint density at radius 3 is 1.13 bits per heavy atom. The van der Waals surface area contributed by atoms with Crippen LogP contribution in [-0.4, -0.2) is 16.8 Å². The summed E-state index contributed by atoms with van der Waals surface area (Å²) >= 11 is 23.6. The van der Waals surface area contributed by atoms with E-state index in [9.17, 15) is 16.8 Å². The molecule has 0 saturated heterocycles. The van der Waals surface area contributed by atoms with Crippen molar-refractivity contribution < 1.29 is 16.8 Å². The molecule has 0 bridgehead atoms. The third-order valence-electron chi connectivity index (χ3n) is 5.05. The molecular formula is C26H22Cl4N2O4S2. The summed E-state index contributed by atoms with van der Waals surface area (Å²) < 4.78 is 53.5. The van der Waals surface area contributed by atoms with Gasteiger partial charge >= 0.3 is 0 Å². The van der Waals surface area contributed by atoms with E-state index >= 15 is 0 Å². The maximum Gasteiger partial charge on any atom is 0.261 e. The summed E-state index contributed by atoms with van der Waals surface area (Å²) in [6.07, 6.45) is 0. The molecule has 0 aliphatic heterocycles. The minimum absolute atomic E-state index is 0.175. The Labute approximate surface area is 242 Å². The number of anilines is 2. The van der Waals surface area contributed by atoms with Gasteiger partial charge in [0.25, 0.3) is 20.0 Å². The lowest BCUT2D eigenvalue weighted by molar-refractivity contribution is 0.599. The quantitative estimate of drug-likeness (QED) is 0.224. The van der Waals surface area contributed by atoms with Gasteiger partial charge in [0.05, 0.1) is 41.3 Å². The number of halogens is 4. The normalized spacial score (nSPS) is 11.3. The highest BCUT2D eigenvalue weighted by Crippen LogP contribution is 2.32. The Morgan fingerprint density at radius 2 is 0.816 bits per heavy atom. The zero-order chi connectivity index (χ0) is 28.1. The SMILES string of the molecule is Cc1ccc(S(=O)(=O)Nc2cccc(Cl)c2Cl)cc1.Cc1ccc(S(=O)(=O)Nc2cccc(Cl)c2Cl)cc1. The largest absolute Gasteiger partial charge is 0.278 e. The van der Waals surface area contributed by atoms with Crippen LogP contribution in [0.15, 0.2) is 94.7 Å². The fourth-order valence-electron chi connectivity index (χ4n) is 3.01. The molecule has 0 spiro atoms. The first-order chi connectivity index (χ1) is 17.8. The van der Waals surface area contributed by atoms with E-state index in [0.717, 1.165) is 11.1 Å². The van der Waals surface area contributed by atoms with Crippen LogP contribution in [0.3, 0.4) is 0 Å². The average molecular weight is 632 g/mol. The maximum atomic E-state index is 12.2. The Bertz CT molecular complexity index is 1520. The van der Waals surface area contributed by atoms with Crippen molar-refractivity contribution in [3.63, 3.8) is 0 Å². The van der Waals surface area contributed by atoms with Crippen LogP contribution in [0, 0.1) is 13.8 Å². The fraction of sp³-hybridized carbons (Fsp3) is 0.0769. The predicted octanol–water partition coefficient (Wildman–Crippen LogP) is 8.21. The molecule has 0 atom stereocenters. The highest BCUT2D eigenvalue weighted by Gasteiger charge is 2.17. The predicted molar refractivity (Wildman–Crippen MR) is 157 cm³/mol. The molecule has 0 saturated carbocycles. The van der Waals surface area contributed by atoms with Crippen molar-refractivity contribution in [2.45, 2.75) is 23.6 Å². The minimum atomic E-state index is -3.66. The number of hydrogen-bond donors (Lipinski definition) is 2. The second-order valence-electron chi connectivity index (χ2n) is 8.04. The summed E-state index contributed by atoms with van der Waals surface area (Å²) in [6.45, 7) is 3.77. The summed E-state index contributed by atoms with van der Waals surface area (Å²) in [6, 6.07) is 22.6. The van der Waals surface area contributed by atoms with Gasteiger partial charge in [0.2, 0.25) is 0 Å². The first kappa shape index (κ1) is 30.1. The molecular weight excluding hydrogens is 610 g/mol. The topological polar surface area (TPSA) is 92.3 Å². The van der Waals surface area contributed by atoms with Gasteiger partial charge in [0.15, 0.2) is 0 Å². The number of rotatable bonds is 6. The van der Waals surface area contributed by atoms with E-state index in [1.165, 1.54) is 24.3 Å². The molecule has 12 heteroatoms. The highest BCUT2D eigenvalue weighted by atomic mass is 35.5. The van der Waals surface area contributed by atoms with Gasteiger partial charge in [0, 0.05) is 0 Å². The lowest BCUT2D eigenvalue weighted by Gasteiger charge is -2.10. The van der Waals surface area contributed by atoms with Crippen LogP contribution in [0.2, 0.25) is 20.1 Å². The minimum Gasteiger partial charge on any atom is -0.278 e. The summed E-state index contributed by atoms with van der Waals surface area (Å²) in [7, 11) is -7.32. The second kappa shape index (κ2) is 12.6. The van der Waals surface area contributed by atoms with Gasteiger partial charge in [-0.15, -0.1) is 0 Å². The van der Waals surface area contributed by atoms with Crippen LogP contribution < -0.4 is 9.44 Å². The van der Waals surface area contributed by atoms with Crippen molar-refractivity contribution in [3.8, 4) is 0 Å². The second-order valence-corrected chi connectivity index (χ2v) is 13.0. The number of hydrogen-bond acceptors (Lipinski definition) is 4. The summed E-state index contributed by atoms with van der Waals surface area (Å²) in [5.41, 5.74) is 2.49. The number of benzene rings is 4. The van der Waals surface area contributed by atoms with Crippen molar-refractivity contribution in [1.82, 2.24) is 0 Å². The van der Waals surface area contributed by atoms with Crippen LogP contribution in [0.25, 0.3) is 0 Å². The summed E-state index contributed by atoms with van der Waals surface area (Å²) in [4.78, 5) is 0.350. The molecule has 0 heterocycles. The Hall–Kier alpha value is -2.46. The first-order valence-corrected chi connectivity index (χ1v) is 15.3.